The van der Waals surface area contributed by atoms with Gasteiger partial charge in [-0.1, -0.05) is 31.6 Å². The van der Waals surface area contributed by atoms with E-state index in [0.29, 0.717) is 5.41 Å². The molecule has 0 aromatic carbocycles. The van der Waals surface area contributed by atoms with Crippen molar-refractivity contribution >= 4 is 22.3 Å². The average molecular weight is 252 g/mol. The van der Waals surface area contributed by atoms with Crippen LogP contribution in [0.5, 0.6) is 0 Å². The van der Waals surface area contributed by atoms with Gasteiger partial charge in [0.2, 0.25) is 0 Å². The molecule has 0 spiro atoms. The number of aromatic nitrogens is 1. The van der Waals surface area contributed by atoms with Gasteiger partial charge < -0.3 is 4.90 Å². The Kier molecular flexibility index (Phi) is 3.52. The Morgan fingerprint density at radius 1 is 1.53 bits per heavy atom. The average Bonchev–Trinajstić information content (AvgIpc) is 2.79. The van der Waals surface area contributed by atoms with Crippen molar-refractivity contribution in [1.82, 2.24) is 4.98 Å². The van der Waals surface area contributed by atoms with Gasteiger partial charge in [-0.2, -0.15) is 0 Å². The summed E-state index contributed by atoms with van der Waals surface area (Å²) in [6.45, 7) is 8.37. The number of ketones is 1. The topological polar surface area (TPSA) is 33.2 Å². The number of rotatable bonds is 3. The molecule has 4 heteroatoms. The summed E-state index contributed by atoms with van der Waals surface area (Å²) in [4.78, 5) is 18.7. The molecule has 17 heavy (non-hydrogen) atoms. The Labute approximate surface area is 107 Å². The Morgan fingerprint density at radius 3 is 2.65 bits per heavy atom. The number of thiazole rings is 1. The van der Waals surface area contributed by atoms with E-state index in [0.717, 1.165) is 23.1 Å². The number of Topliss-reactive ketones (excluding diaryl/α,β-unsaturated/α-hetero) is 1. The van der Waals surface area contributed by atoms with E-state index in [1.165, 1.54) is 30.6 Å². The quantitative estimate of drug-likeness (QED) is 0.773. The number of anilines is 1. The van der Waals surface area contributed by atoms with Crippen molar-refractivity contribution in [3.63, 3.8) is 0 Å². The second kappa shape index (κ2) is 4.77. The van der Waals surface area contributed by atoms with Gasteiger partial charge in [0.1, 0.15) is 0 Å². The zero-order chi connectivity index (χ0) is 12.5. The molecule has 0 atom stereocenters. The molecule has 3 nitrogen and oxygen atoms in total. The number of carbonyl (C=O) groups excluding carboxylic acids is 1. The lowest BCUT2D eigenvalue weighted by molar-refractivity contribution is 0.102. The monoisotopic (exact) mass is 252 g/mol. The van der Waals surface area contributed by atoms with E-state index in [2.05, 4.69) is 23.7 Å². The lowest BCUT2D eigenvalue weighted by atomic mass is 9.78. The third-order valence-corrected chi connectivity index (χ3v) is 5.09. The van der Waals surface area contributed by atoms with E-state index in [-0.39, 0.29) is 5.78 Å². The minimum absolute atomic E-state index is 0.115. The lowest BCUT2D eigenvalue weighted by Gasteiger charge is -2.38. The van der Waals surface area contributed by atoms with Crippen LogP contribution in [-0.4, -0.2) is 23.9 Å². The summed E-state index contributed by atoms with van der Waals surface area (Å²) in [5, 5.41) is 1.01. The molecule has 0 radical (unpaired) electrons. The van der Waals surface area contributed by atoms with Crippen molar-refractivity contribution in [2.24, 2.45) is 5.41 Å². The number of nitrogens with zero attached hydrogens (tertiary/aromatic N) is 2. The molecule has 1 saturated heterocycles. The molecule has 2 heterocycles. The fraction of sp³-hybridized carbons (Fsp3) is 0.692. The van der Waals surface area contributed by atoms with Gasteiger partial charge in [-0.3, -0.25) is 4.79 Å². The Balaban J connectivity index is 2.03. The van der Waals surface area contributed by atoms with Crippen LogP contribution in [0, 0.1) is 5.41 Å². The van der Waals surface area contributed by atoms with E-state index in [1.54, 1.807) is 13.1 Å². The second-order valence-electron chi connectivity index (χ2n) is 5.21. The molecule has 1 fully saturated rings. The maximum atomic E-state index is 11.2. The smallest absolute Gasteiger partial charge is 0.185 e. The van der Waals surface area contributed by atoms with Gasteiger partial charge in [-0.15, -0.1) is 0 Å². The van der Waals surface area contributed by atoms with Gasteiger partial charge in [-0.05, 0) is 18.3 Å². The predicted molar refractivity (Wildman–Crippen MR) is 72.0 cm³/mol. The maximum Gasteiger partial charge on any atom is 0.185 e. The first-order valence-electron chi connectivity index (χ1n) is 6.26. The number of hydrogen-bond donors (Lipinski definition) is 0. The zero-order valence-corrected chi connectivity index (χ0v) is 11.6. The van der Waals surface area contributed by atoms with Crippen molar-refractivity contribution in [3.8, 4) is 0 Å². The molecule has 0 amide bonds. The summed E-state index contributed by atoms with van der Waals surface area (Å²) in [6.07, 6.45) is 5.39. The first kappa shape index (κ1) is 12.6. The summed E-state index contributed by atoms with van der Waals surface area (Å²) in [7, 11) is 0. The van der Waals surface area contributed by atoms with E-state index >= 15 is 0 Å². The molecule has 0 N–H and O–H groups in total. The fourth-order valence-corrected chi connectivity index (χ4v) is 3.03. The Hall–Kier alpha value is -0.900. The molecular weight excluding hydrogens is 232 g/mol. The molecule has 1 aromatic rings. The Bertz CT molecular complexity index is 405. The number of hydrogen-bond acceptors (Lipinski definition) is 4. The minimum Gasteiger partial charge on any atom is -0.348 e. The normalized spacial score (nSPS) is 19.4. The summed E-state index contributed by atoms with van der Waals surface area (Å²) in [6, 6.07) is 0. The van der Waals surface area contributed by atoms with Gasteiger partial charge in [0.15, 0.2) is 10.9 Å². The summed E-state index contributed by atoms with van der Waals surface area (Å²) in [5.41, 5.74) is 0.497. The van der Waals surface area contributed by atoms with E-state index in [4.69, 9.17) is 0 Å². The van der Waals surface area contributed by atoms with Crippen molar-refractivity contribution in [1.29, 1.82) is 0 Å². The highest BCUT2D eigenvalue weighted by atomic mass is 32.1. The molecule has 1 aliphatic rings. The summed E-state index contributed by atoms with van der Waals surface area (Å²) < 4.78 is 0. The van der Waals surface area contributed by atoms with Crippen LogP contribution < -0.4 is 4.90 Å². The zero-order valence-electron chi connectivity index (χ0n) is 10.8. The van der Waals surface area contributed by atoms with Gasteiger partial charge >= 0.3 is 0 Å². The van der Waals surface area contributed by atoms with Crippen molar-refractivity contribution in [2.45, 2.75) is 40.0 Å². The summed E-state index contributed by atoms with van der Waals surface area (Å²) in [5.74, 6) is 0.115. The molecule has 2 rings (SSSR count). The third-order valence-electron chi connectivity index (χ3n) is 3.94. The van der Waals surface area contributed by atoms with E-state index in [9.17, 15) is 4.79 Å². The first-order valence-corrected chi connectivity index (χ1v) is 7.07. The van der Waals surface area contributed by atoms with Crippen LogP contribution in [0.25, 0.3) is 0 Å². The molecule has 94 valence electrons. The van der Waals surface area contributed by atoms with Crippen LogP contribution in [0.2, 0.25) is 0 Å². The van der Waals surface area contributed by atoms with Crippen molar-refractivity contribution in [2.75, 3.05) is 18.0 Å². The van der Waals surface area contributed by atoms with Crippen LogP contribution >= 0.6 is 11.3 Å². The summed E-state index contributed by atoms with van der Waals surface area (Å²) >= 11 is 1.52. The molecule has 1 aromatic heterocycles. The second-order valence-corrected chi connectivity index (χ2v) is 6.22. The number of piperidine rings is 1. The Morgan fingerprint density at radius 2 is 2.18 bits per heavy atom. The molecule has 0 saturated carbocycles. The predicted octanol–water partition coefficient (Wildman–Crippen LogP) is 3.36. The van der Waals surface area contributed by atoms with Crippen LogP contribution in [0.3, 0.4) is 0 Å². The van der Waals surface area contributed by atoms with Gasteiger partial charge in [0.25, 0.3) is 0 Å². The maximum absolute atomic E-state index is 11.2. The molecule has 0 unspecified atom stereocenters. The van der Waals surface area contributed by atoms with Crippen LogP contribution in [0.15, 0.2) is 6.20 Å². The molecular formula is C13H20N2OS. The SMILES string of the molecule is CCC1(C)CCN(c2ncc(C(C)=O)s2)CC1. The highest BCUT2D eigenvalue weighted by Gasteiger charge is 2.29. The first-order chi connectivity index (χ1) is 8.04. The molecule has 1 aliphatic heterocycles. The molecule has 0 aliphatic carbocycles. The minimum atomic E-state index is 0.115. The van der Waals surface area contributed by atoms with Crippen LogP contribution in [0.4, 0.5) is 5.13 Å². The van der Waals surface area contributed by atoms with Crippen molar-refractivity contribution in [3.05, 3.63) is 11.1 Å². The van der Waals surface area contributed by atoms with Gasteiger partial charge in [0.05, 0.1) is 11.1 Å². The lowest BCUT2D eigenvalue weighted by Crippen LogP contribution is -2.38. The fourth-order valence-electron chi connectivity index (χ4n) is 2.17. The van der Waals surface area contributed by atoms with E-state index in [1.807, 2.05) is 0 Å². The highest BCUT2D eigenvalue weighted by Crippen LogP contribution is 2.36. The van der Waals surface area contributed by atoms with E-state index < -0.39 is 0 Å². The highest BCUT2D eigenvalue weighted by molar-refractivity contribution is 7.17. The standard InChI is InChI=1S/C13H20N2OS/c1-4-13(3)5-7-15(8-6-13)12-14-9-11(17-12)10(2)16/h9H,4-8H2,1-3H3. The number of carbonyl (C=O) groups is 1. The largest absolute Gasteiger partial charge is 0.348 e. The molecule has 0 bridgehead atoms. The van der Waals surface area contributed by atoms with Gasteiger partial charge in [-0.25, -0.2) is 4.98 Å². The van der Waals surface area contributed by atoms with Crippen molar-refractivity contribution < 1.29 is 4.79 Å². The van der Waals surface area contributed by atoms with Crippen LogP contribution in [0.1, 0.15) is 49.7 Å². The van der Waals surface area contributed by atoms with Gasteiger partial charge in [0, 0.05) is 20.0 Å². The van der Waals surface area contributed by atoms with Crippen LogP contribution in [-0.2, 0) is 0 Å². The third kappa shape index (κ3) is 2.68.